The van der Waals surface area contributed by atoms with Gasteiger partial charge >= 0.3 is 0 Å². The van der Waals surface area contributed by atoms with Gasteiger partial charge in [0.2, 0.25) is 11.8 Å². The number of carbonyl (C=O) groups is 2. The zero-order valence-corrected chi connectivity index (χ0v) is 15.8. The predicted molar refractivity (Wildman–Crippen MR) is 95.5 cm³/mol. The molecule has 0 aliphatic carbocycles. The normalized spacial score (nSPS) is 23.9. The first-order valence-corrected chi connectivity index (χ1v) is 9.19. The number of amides is 2. The Kier molecular flexibility index (Phi) is 6.26. The smallest absolute Gasteiger partial charge is 0.236 e. The monoisotopic (exact) mass is 338 g/mol. The lowest BCUT2D eigenvalue weighted by atomic mass is 9.96. The van der Waals surface area contributed by atoms with Crippen LogP contribution in [0.15, 0.2) is 0 Å². The molecule has 138 valence electrons. The number of likely N-dealkylation sites (tertiary alicyclic amines) is 2. The Morgan fingerprint density at radius 3 is 2.29 bits per heavy atom. The van der Waals surface area contributed by atoms with Crippen molar-refractivity contribution in [3.05, 3.63) is 0 Å². The first kappa shape index (κ1) is 19.2. The standard InChI is InChI=1S/C18H34N4O2/c1-18(2,3)13-20(4)12-16(23)21-10-7-14(8-11-21)22-9-5-6-15(22)17(19)24/h14-15H,5-13H2,1-4H3,(H2,19,24). The summed E-state index contributed by atoms with van der Waals surface area (Å²) in [6, 6.07) is 0.288. The molecule has 24 heavy (non-hydrogen) atoms. The van der Waals surface area contributed by atoms with Gasteiger partial charge in [-0.05, 0) is 44.7 Å². The third-order valence-corrected chi connectivity index (χ3v) is 5.06. The molecule has 1 atom stereocenters. The van der Waals surface area contributed by atoms with Crippen molar-refractivity contribution in [2.75, 3.05) is 39.8 Å². The van der Waals surface area contributed by atoms with E-state index in [1.807, 2.05) is 11.9 Å². The number of rotatable bonds is 5. The Balaban J connectivity index is 1.80. The summed E-state index contributed by atoms with van der Waals surface area (Å²) in [5.41, 5.74) is 5.72. The van der Waals surface area contributed by atoms with Crippen LogP contribution in [0, 0.1) is 5.41 Å². The second kappa shape index (κ2) is 7.83. The molecule has 2 aliphatic heterocycles. The van der Waals surface area contributed by atoms with Gasteiger partial charge in [-0.25, -0.2) is 0 Å². The largest absolute Gasteiger partial charge is 0.368 e. The molecule has 1 unspecified atom stereocenters. The third-order valence-electron chi connectivity index (χ3n) is 5.06. The van der Waals surface area contributed by atoms with Crippen LogP contribution in [-0.2, 0) is 9.59 Å². The molecule has 0 spiro atoms. The quantitative estimate of drug-likeness (QED) is 0.809. The van der Waals surface area contributed by atoms with E-state index < -0.39 is 0 Å². The molecule has 2 N–H and O–H groups in total. The second-order valence-electron chi connectivity index (χ2n) is 8.64. The van der Waals surface area contributed by atoms with Gasteiger partial charge in [-0.2, -0.15) is 0 Å². The summed E-state index contributed by atoms with van der Waals surface area (Å²) in [4.78, 5) is 30.4. The van der Waals surface area contributed by atoms with Gasteiger partial charge < -0.3 is 10.6 Å². The lowest BCUT2D eigenvalue weighted by Gasteiger charge is -2.39. The second-order valence-corrected chi connectivity index (χ2v) is 8.64. The van der Waals surface area contributed by atoms with Gasteiger partial charge in [-0.3, -0.25) is 19.4 Å². The van der Waals surface area contributed by atoms with Gasteiger partial charge in [0.25, 0.3) is 0 Å². The van der Waals surface area contributed by atoms with Crippen molar-refractivity contribution in [2.45, 2.75) is 58.5 Å². The van der Waals surface area contributed by atoms with E-state index in [4.69, 9.17) is 5.73 Å². The van der Waals surface area contributed by atoms with Crippen LogP contribution in [0.4, 0.5) is 0 Å². The van der Waals surface area contributed by atoms with E-state index in [-0.39, 0.29) is 23.3 Å². The number of nitrogens with zero attached hydrogens (tertiary/aromatic N) is 3. The van der Waals surface area contributed by atoms with Crippen LogP contribution in [0.1, 0.15) is 46.5 Å². The van der Waals surface area contributed by atoms with E-state index in [0.717, 1.165) is 51.9 Å². The first-order chi connectivity index (χ1) is 11.2. The minimum atomic E-state index is -0.199. The summed E-state index contributed by atoms with van der Waals surface area (Å²) in [6.45, 7) is 10.5. The zero-order chi connectivity index (χ0) is 17.9. The highest BCUT2D eigenvalue weighted by molar-refractivity contribution is 5.80. The number of hydrogen-bond acceptors (Lipinski definition) is 4. The lowest BCUT2D eigenvalue weighted by Crippen LogP contribution is -2.52. The average molecular weight is 338 g/mol. The highest BCUT2D eigenvalue weighted by Crippen LogP contribution is 2.26. The zero-order valence-electron chi connectivity index (χ0n) is 15.8. The Labute approximate surface area is 146 Å². The van der Waals surface area contributed by atoms with Crippen LogP contribution in [0.3, 0.4) is 0 Å². The van der Waals surface area contributed by atoms with Crippen LogP contribution >= 0.6 is 0 Å². The van der Waals surface area contributed by atoms with Crippen LogP contribution in [0.5, 0.6) is 0 Å². The molecular formula is C18H34N4O2. The number of primary amides is 1. The Morgan fingerprint density at radius 1 is 1.12 bits per heavy atom. The van der Waals surface area contributed by atoms with Crippen LogP contribution in [0.25, 0.3) is 0 Å². The van der Waals surface area contributed by atoms with Gasteiger partial charge in [0.1, 0.15) is 0 Å². The van der Waals surface area contributed by atoms with Crippen molar-refractivity contribution in [1.29, 1.82) is 0 Å². The van der Waals surface area contributed by atoms with E-state index in [9.17, 15) is 9.59 Å². The van der Waals surface area contributed by atoms with Crippen molar-refractivity contribution in [2.24, 2.45) is 11.1 Å². The van der Waals surface area contributed by atoms with Gasteiger partial charge in [0.05, 0.1) is 12.6 Å². The van der Waals surface area contributed by atoms with Gasteiger partial charge in [0, 0.05) is 25.7 Å². The molecule has 2 rings (SSSR count). The highest BCUT2D eigenvalue weighted by atomic mass is 16.2. The fraction of sp³-hybridized carbons (Fsp3) is 0.889. The number of piperidine rings is 1. The summed E-state index contributed by atoms with van der Waals surface area (Å²) in [6.07, 6.45) is 3.81. The molecule has 6 nitrogen and oxygen atoms in total. The summed E-state index contributed by atoms with van der Waals surface area (Å²) in [5.74, 6) is 0.0166. The van der Waals surface area contributed by atoms with E-state index >= 15 is 0 Å². The molecule has 2 fully saturated rings. The Morgan fingerprint density at radius 2 is 1.75 bits per heavy atom. The van der Waals surface area contributed by atoms with Crippen molar-refractivity contribution < 1.29 is 9.59 Å². The molecule has 2 saturated heterocycles. The molecule has 0 aromatic heterocycles. The van der Waals surface area contributed by atoms with Crippen LogP contribution < -0.4 is 5.73 Å². The fourth-order valence-corrected chi connectivity index (χ4v) is 4.18. The minimum Gasteiger partial charge on any atom is -0.368 e. The number of hydrogen-bond donors (Lipinski definition) is 1. The Hall–Kier alpha value is -1.14. The maximum Gasteiger partial charge on any atom is 0.236 e. The summed E-state index contributed by atoms with van der Waals surface area (Å²) in [7, 11) is 2.01. The molecule has 0 aromatic carbocycles. The SMILES string of the molecule is CN(CC(=O)N1CCC(N2CCCC2C(N)=O)CC1)CC(C)(C)C. The van der Waals surface area contributed by atoms with E-state index in [2.05, 4.69) is 30.6 Å². The fourth-order valence-electron chi connectivity index (χ4n) is 4.18. The van der Waals surface area contributed by atoms with E-state index in [1.165, 1.54) is 0 Å². The van der Waals surface area contributed by atoms with Crippen molar-refractivity contribution >= 4 is 11.8 Å². The maximum absolute atomic E-state index is 12.5. The van der Waals surface area contributed by atoms with E-state index in [0.29, 0.717) is 12.6 Å². The van der Waals surface area contributed by atoms with Gasteiger partial charge in [-0.15, -0.1) is 0 Å². The summed E-state index contributed by atoms with van der Waals surface area (Å²) >= 11 is 0. The molecule has 6 heteroatoms. The highest BCUT2D eigenvalue weighted by Gasteiger charge is 2.36. The molecule has 0 aromatic rings. The van der Waals surface area contributed by atoms with Crippen molar-refractivity contribution in [1.82, 2.24) is 14.7 Å². The third kappa shape index (κ3) is 5.18. The molecule has 2 aliphatic rings. The lowest BCUT2D eigenvalue weighted by molar-refractivity contribution is -0.134. The number of likely N-dealkylation sites (N-methyl/N-ethyl adjacent to an activating group) is 1. The molecule has 0 radical (unpaired) electrons. The molecule has 2 amide bonds. The van der Waals surface area contributed by atoms with Crippen LogP contribution in [-0.4, -0.2) is 78.4 Å². The summed E-state index contributed by atoms with van der Waals surface area (Å²) < 4.78 is 0. The van der Waals surface area contributed by atoms with Gasteiger partial charge in [0.15, 0.2) is 0 Å². The minimum absolute atomic E-state index is 0.102. The topological polar surface area (TPSA) is 69.9 Å². The maximum atomic E-state index is 12.5. The Bertz CT molecular complexity index is 452. The van der Waals surface area contributed by atoms with Crippen molar-refractivity contribution in [3.63, 3.8) is 0 Å². The average Bonchev–Trinajstić information content (AvgIpc) is 2.94. The summed E-state index contributed by atoms with van der Waals surface area (Å²) in [5, 5.41) is 0. The number of carbonyl (C=O) groups excluding carboxylic acids is 2. The van der Waals surface area contributed by atoms with E-state index in [1.54, 1.807) is 0 Å². The van der Waals surface area contributed by atoms with Gasteiger partial charge in [-0.1, -0.05) is 20.8 Å². The van der Waals surface area contributed by atoms with Crippen molar-refractivity contribution in [3.8, 4) is 0 Å². The molecule has 0 bridgehead atoms. The number of nitrogens with two attached hydrogens (primary N) is 1. The molecule has 2 heterocycles. The predicted octanol–water partition coefficient (Wildman–Crippen LogP) is 0.905. The molecule has 0 saturated carbocycles. The first-order valence-electron chi connectivity index (χ1n) is 9.19. The van der Waals surface area contributed by atoms with Crippen LogP contribution in [0.2, 0.25) is 0 Å². The molecular weight excluding hydrogens is 304 g/mol.